The number of hydrogen-bond donors (Lipinski definition) is 2. The van der Waals surface area contributed by atoms with Crippen LogP contribution in [0, 0.1) is 0 Å². The molecule has 4 nitrogen and oxygen atoms in total. The predicted molar refractivity (Wildman–Crippen MR) is 70.9 cm³/mol. The topological polar surface area (TPSA) is 62.0 Å². The first-order valence-electron chi connectivity index (χ1n) is 5.67. The van der Waals surface area contributed by atoms with Gasteiger partial charge < -0.3 is 10.3 Å². The average Bonchev–Trinajstić information content (AvgIpc) is 2.82. The van der Waals surface area contributed by atoms with Crippen LogP contribution in [-0.2, 0) is 22.9 Å². The highest BCUT2D eigenvalue weighted by molar-refractivity contribution is 7.90. The van der Waals surface area contributed by atoms with Crippen LogP contribution in [0.5, 0.6) is 0 Å². The average molecular weight is 264 g/mol. The van der Waals surface area contributed by atoms with E-state index in [-0.39, 0.29) is 0 Å². The Labute approximate surface area is 107 Å². The molecule has 0 saturated heterocycles. The van der Waals surface area contributed by atoms with E-state index < -0.39 is 9.84 Å². The van der Waals surface area contributed by atoms with Gasteiger partial charge in [0, 0.05) is 31.7 Å². The van der Waals surface area contributed by atoms with Crippen molar-refractivity contribution < 1.29 is 8.42 Å². The summed E-state index contributed by atoms with van der Waals surface area (Å²) in [4.78, 5) is 3.35. The predicted octanol–water partition coefficient (Wildman–Crippen LogP) is 1.71. The quantitative estimate of drug-likeness (QED) is 0.864. The van der Waals surface area contributed by atoms with Crippen molar-refractivity contribution in [1.82, 2.24) is 10.3 Å². The van der Waals surface area contributed by atoms with E-state index >= 15 is 0 Å². The van der Waals surface area contributed by atoms with E-state index in [0.29, 0.717) is 4.90 Å². The van der Waals surface area contributed by atoms with Gasteiger partial charge in [-0.2, -0.15) is 0 Å². The van der Waals surface area contributed by atoms with Crippen molar-refractivity contribution in [3.05, 3.63) is 53.9 Å². The second-order valence-electron chi connectivity index (χ2n) is 4.24. The van der Waals surface area contributed by atoms with Crippen LogP contribution in [0.1, 0.15) is 11.1 Å². The maximum absolute atomic E-state index is 11.3. The van der Waals surface area contributed by atoms with Gasteiger partial charge >= 0.3 is 0 Å². The molecule has 18 heavy (non-hydrogen) atoms. The highest BCUT2D eigenvalue weighted by atomic mass is 32.2. The fourth-order valence-electron chi connectivity index (χ4n) is 1.67. The number of hydrogen-bond acceptors (Lipinski definition) is 3. The van der Waals surface area contributed by atoms with Crippen molar-refractivity contribution in [2.45, 2.75) is 18.0 Å². The van der Waals surface area contributed by atoms with E-state index in [9.17, 15) is 8.42 Å². The Bertz CT molecular complexity index is 586. The van der Waals surface area contributed by atoms with Gasteiger partial charge in [0.05, 0.1) is 4.90 Å². The van der Waals surface area contributed by atoms with Crippen LogP contribution in [0.15, 0.2) is 47.6 Å². The molecule has 0 fully saturated rings. The van der Waals surface area contributed by atoms with Gasteiger partial charge in [-0.15, -0.1) is 0 Å². The fourth-order valence-corrected chi connectivity index (χ4v) is 2.30. The normalized spacial score (nSPS) is 11.6. The summed E-state index contributed by atoms with van der Waals surface area (Å²) >= 11 is 0. The van der Waals surface area contributed by atoms with Crippen LogP contribution in [0.4, 0.5) is 0 Å². The lowest BCUT2D eigenvalue weighted by Gasteiger charge is -2.04. The first kappa shape index (κ1) is 12.9. The van der Waals surface area contributed by atoms with Crippen LogP contribution in [0.2, 0.25) is 0 Å². The molecular weight excluding hydrogens is 248 g/mol. The third kappa shape index (κ3) is 3.45. The highest BCUT2D eigenvalue weighted by Gasteiger charge is 2.05. The minimum Gasteiger partial charge on any atom is -0.367 e. The van der Waals surface area contributed by atoms with Gasteiger partial charge in [-0.05, 0) is 29.3 Å². The van der Waals surface area contributed by atoms with E-state index in [1.165, 1.54) is 11.8 Å². The molecule has 2 rings (SSSR count). The van der Waals surface area contributed by atoms with Crippen molar-refractivity contribution >= 4 is 9.84 Å². The van der Waals surface area contributed by atoms with Crippen LogP contribution >= 0.6 is 0 Å². The van der Waals surface area contributed by atoms with Crippen LogP contribution < -0.4 is 5.32 Å². The van der Waals surface area contributed by atoms with Crippen molar-refractivity contribution in [3.63, 3.8) is 0 Å². The summed E-state index contributed by atoms with van der Waals surface area (Å²) in [6, 6.07) is 8.96. The summed E-state index contributed by atoms with van der Waals surface area (Å²) < 4.78 is 22.6. The number of aromatic nitrogens is 1. The molecule has 0 atom stereocenters. The summed E-state index contributed by atoms with van der Waals surface area (Å²) in [5.41, 5.74) is 2.26. The van der Waals surface area contributed by atoms with Gasteiger partial charge in [0.2, 0.25) is 0 Å². The molecule has 1 aromatic heterocycles. The molecular formula is C13H16N2O2S. The molecule has 0 bridgehead atoms. The molecule has 96 valence electrons. The molecule has 2 N–H and O–H groups in total. The Hall–Kier alpha value is -1.59. The van der Waals surface area contributed by atoms with Crippen molar-refractivity contribution in [2.75, 3.05) is 6.26 Å². The van der Waals surface area contributed by atoms with Gasteiger partial charge in [0.15, 0.2) is 9.84 Å². The first-order valence-corrected chi connectivity index (χ1v) is 7.56. The first-order chi connectivity index (χ1) is 8.55. The minimum absolute atomic E-state index is 0.358. The third-order valence-electron chi connectivity index (χ3n) is 2.67. The lowest BCUT2D eigenvalue weighted by molar-refractivity contribution is 0.602. The zero-order valence-electron chi connectivity index (χ0n) is 10.2. The van der Waals surface area contributed by atoms with E-state index in [2.05, 4.69) is 10.3 Å². The molecule has 1 aromatic carbocycles. The van der Waals surface area contributed by atoms with E-state index in [1.807, 2.05) is 30.6 Å². The summed E-state index contributed by atoms with van der Waals surface area (Å²) in [7, 11) is -3.10. The second-order valence-corrected chi connectivity index (χ2v) is 6.25. The highest BCUT2D eigenvalue weighted by Crippen LogP contribution is 2.10. The zero-order chi connectivity index (χ0) is 13.0. The van der Waals surface area contributed by atoms with Gasteiger partial charge in [-0.1, -0.05) is 12.1 Å². The molecule has 0 saturated carbocycles. The summed E-state index contributed by atoms with van der Waals surface area (Å²) in [6.07, 6.45) is 5.05. The summed E-state index contributed by atoms with van der Waals surface area (Å²) in [6.45, 7) is 1.51. The van der Waals surface area contributed by atoms with Crippen LogP contribution in [0.3, 0.4) is 0 Å². The maximum Gasteiger partial charge on any atom is 0.175 e. The lowest BCUT2D eigenvalue weighted by Crippen LogP contribution is -2.12. The molecule has 0 aliphatic heterocycles. The van der Waals surface area contributed by atoms with Gasteiger partial charge in [0.25, 0.3) is 0 Å². The molecule has 2 aromatic rings. The van der Waals surface area contributed by atoms with Crippen LogP contribution in [-0.4, -0.2) is 19.7 Å². The Morgan fingerprint density at radius 1 is 1.06 bits per heavy atom. The van der Waals surface area contributed by atoms with Gasteiger partial charge in [-0.25, -0.2) is 8.42 Å². The number of sulfone groups is 1. The molecule has 0 spiro atoms. The van der Waals surface area contributed by atoms with E-state index in [1.54, 1.807) is 12.1 Å². The molecule has 0 amide bonds. The van der Waals surface area contributed by atoms with Gasteiger partial charge in [0.1, 0.15) is 0 Å². The zero-order valence-corrected chi connectivity index (χ0v) is 11.0. The number of benzene rings is 1. The molecule has 0 unspecified atom stereocenters. The standard InChI is InChI=1S/C13H16N2O2S/c1-18(16,17)13-4-2-11(3-5-13)8-15-10-12-6-7-14-9-12/h2-7,9,14-15H,8,10H2,1H3. The Balaban J connectivity index is 1.91. The lowest BCUT2D eigenvalue weighted by atomic mass is 10.2. The summed E-state index contributed by atoms with van der Waals surface area (Å²) in [5, 5.41) is 3.29. The second kappa shape index (κ2) is 5.37. The third-order valence-corrected chi connectivity index (χ3v) is 3.80. The molecule has 0 aliphatic rings. The molecule has 5 heteroatoms. The van der Waals surface area contributed by atoms with Crippen molar-refractivity contribution in [1.29, 1.82) is 0 Å². The minimum atomic E-state index is -3.10. The Morgan fingerprint density at radius 2 is 1.72 bits per heavy atom. The number of aromatic amines is 1. The fraction of sp³-hybridized carbons (Fsp3) is 0.231. The molecule has 1 heterocycles. The molecule has 0 radical (unpaired) electrons. The van der Waals surface area contributed by atoms with E-state index in [4.69, 9.17) is 0 Å². The number of rotatable bonds is 5. The summed E-state index contributed by atoms with van der Waals surface area (Å²) in [5.74, 6) is 0. The van der Waals surface area contributed by atoms with Crippen molar-refractivity contribution in [2.24, 2.45) is 0 Å². The number of H-pyrrole nitrogens is 1. The number of nitrogens with one attached hydrogen (secondary N) is 2. The SMILES string of the molecule is CS(=O)(=O)c1ccc(CNCc2cc[nH]c2)cc1. The van der Waals surface area contributed by atoms with Crippen LogP contribution in [0.25, 0.3) is 0 Å². The Kier molecular flexibility index (Phi) is 3.84. The smallest absolute Gasteiger partial charge is 0.175 e. The monoisotopic (exact) mass is 264 g/mol. The largest absolute Gasteiger partial charge is 0.367 e. The Morgan fingerprint density at radius 3 is 2.28 bits per heavy atom. The van der Waals surface area contributed by atoms with Crippen molar-refractivity contribution in [3.8, 4) is 0 Å². The molecule has 0 aliphatic carbocycles. The maximum atomic E-state index is 11.3. The van der Waals surface area contributed by atoms with Gasteiger partial charge in [-0.3, -0.25) is 0 Å². The van der Waals surface area contributed by atoms with E-state index in [0.717, 1.165) is 18.7 Å².